The maximum Gasteiger partial charge on any atom is 0.328 e. The molecule has 0 unspecified atom stereocenters. The molecule has 0 aliphatic carbocycles. The fourth-order valence-electron chi connectivity index (χ4n) is 4.01. The van der Waals surface area contributed by atoms with Crippen molar-refractivity contribution in [1.29, 1.82) is 0 Å². The number of carbonyl (C=O) groups excluding carboxylic acids is 3. The second-order valence-corrected chi connectivity index (χ2v) is 9.00. The van der Waals surface area contributed by atoms with Gasteiger partial charge in [0.05, 0.1) is 5.25 Å². The van der Waals surface area contributed by atoms with Crippen molar-refractivity contribution in [2.45, 2.75) is 56.4 Å². The van der Waals surface area contributed by atoms with Crippen molar-refractivity contribution in [3.63, 3.8) is 0 Å². The minimum absolute atomic E-state index is 0.175. The lowest BCUT2D eigenvalue weighted by molar-refractivity contribution is -0.174. The number of nitrogens with one attached hydrogen (secondary N) is 1. The molecular weight excluding hydrogens is 406 g/mol. The maximum absolute atomic E-state index is 13.2. The van der Waals surface area contributed by atoms with Crippen molar-refractivity contribution >= 4 is 34.7 Å². The van der Waals surface area contributed by atoms with Crippen LogP contribution in [-0.4, -0.2) is 68.4 Å². The van der Waals surface area contributed by atoms with Gasteiger partial charge in [-0.25, -0.2) is 9.80 Å². The smallest absolute Gasteiger partial charge is 0.328 e. The molecule has 0 saturated carbocycles. The number of aliphatic carboxylic acids is 1. The molecule has 3 rings (SSSR count). The fraction of sp³-hybridized carbons (Fsp3) is 0.524. The zero-order chi connectivity index (χ0) is 21.7. The molecule has 3 atom stereocenters. The SMILES string of the molecule is CC(=O)S[C@@H](Cc1ccccc1)C(=O)N[C@H]1CCCN2CCC[C@@H](C(=O)O)N2C1=O. The van der Waals surface area contributed by atoms with Crippen molar-refractivity contribution in [3.05, 3.63) is 35.9 Å². The Balaban J connectivity index is 1.74. The van der Waals surface area contributed by atoms with Crippen LogP contribution in [0.3, 0.4) is 0 Å². The lowest BCUT2D eigenvalue weighted by Crippen LogP contribution is -2.61. The maximum atomic E-state index is 13.2. The standard InChI is InChI=1S/C21H27N3O5S/c1-14(25)30-18(13-15-7-3-2-4-8-15)19(26)22-16-9-5-11-23-12-6-10-17(21(28)29)24(23)20(16)27/h2-4,7-8,16-18H,5-6,9-13H2,1H3,(H,22,26)(H,28,29)/t16-,17-,18-/m0/s1. The van der Waals surface area contributed by atoms with Gasteiger partial charge in [0.15, 0.2) is 5.12 Å². The van der Waals surface area contributed by atoms with Gasteiger partial charge in [-0.2, -0.15) is 0 Å². The number of hydrogen-bond acceptors (Lipinski definition) is 6. The molecule has 1 aromatic carbocycles. The van der Waals surface area contributed by atoms with Crippen molar-refractivity contribution in [2.24, 2.45) is 0 Å². The third-order valence-corrected chi connectivity index (χ3v) is 6.39. The molecule has 2 N–H and O–H groups in total. The Labute approximate surface area is 179 Å². The van der Waals surface area contributed by atoms with E-state index in [1.165, 1.54) is 11.9 Å². The monoisotopic (exact) mass is 433 g/mol. The highest BCUT2D eigenvalue weighted by Gasteiger charge is 2.42. The molecule has 2 saturated heterocycles. The number of nitrogens with zero attached hydrogens (tertiary/aromatic N) is 2. The van der Waals surface area contributed by atoms with Gasteiger partial charge in [-0.3, -0.25) is 19.4 Å². The average molecular weight is 434 g/mol. The number of hydrazine groups is 1. The minimum atomic E-state index is -1.03. The third kappa shape index (κ3) is 5.40. The van der Waals surface area contributed by atoms with E-state index >= 15 is 0 Å². The van der Waals surface area contributed by atoms with E-state index in [9.17, 15) is 24.3 Å². The summed E-state index contributed by atoms with van der Waals surface area (Å²) in [5, 5.41) is 14.7. The molecule has 1 aromatic rings. The van der Waals surface area contributed by atoms with Gasteiger partial charge < -0.3 is 10.4 Å². The molecule has 0 bridgehead atoms. The minimum Gasteiger partial charge on any atom is -0.480 e. The highest BCUT2D eigenvalue weighted by atomic mass is 32.2. The number of fused-ring (bicyclic) bond motifs is 1. The molecule has 9 heteroatoms. The first-order valence-corrected chi connectivity index (χ1v) is 11.1. The van der Waals surface area contributed by atoms with Crippen molar-refractivity contribution in [1.82, 2.24) is 15.3 Å². The van der Waals surface area contributed by atoms with Crippen LogP contribution in [0.2, 0.25) is 0 Å². The predicted molar refractivity (Wildman–Crippen MR) is 112 cm³/mol. The molecule has 2 aliphatic rings. The van der Waals surface area contributed by atoms with Gasteiger partial charge in [-0.05, 0) is 37.7 Å². The zero-order valence-corrected chi connectivity index (χ0v) is 17.8. The Morgan fingerprint density at radius 1 is 1.17 bits per heavy atom. The zero-order valence-electron chi connectivity index (χ0n) is 17.0. The number of hydrogen-bond donors (Lipinski definition) is 2. The second-order valence-electron chi connectivity index (χ2n) is 7.62. The molecule has 2 fully saturated rings. The summed E-state index contributed by atoms with van der Waals surface area (Å²) < 4.78 is 0. The first-order chi connectivity index (χ1) is 14.4. The molecular formula is C21H27N3O5S. The van der Waals surface area contributed by atoms with Crippen LogP contribution in [0.25, 0.3) is 0 Å². The Bertz CT molecular complexity index is 803. The first kappa shape index (κ1) is 22.3. The average Bonchev–Trinajstić information content (AvgIpc) is 2.87. The van der Waals surface area contributed by atoms with Crippen LogP contribution in [-0.2, 0) is 25.6 Å². The predicted octanol–water partition coefficient (Wildman–Crippen LogP) is 1.45. The Morgan fingerprint density at radius 3 is 2.47 bits per heavy atom. The summed E-state index contributed by atoms with van der Waals surface area (Å²) >= 11 is 0.945. The second kappa shape index (κ2) is 10.1. The van der Waals surface area contributed by atoms with Gasteiger partial charge in [0.1, 0.15) is 12.1 Å². The lowest BCUT2D eigenvalue weighted by atomic mass is 10.1. The van der Waals surface area contributed by atoms with E-state index in [1.54, 1.807) is 5.01 Å². The molecule has 0 spiro atoms. The summed E-state index contributed by atoms with van der Waals surface area (Å²) in [4.78, 5) is 49.5. The van der Waals surface area contributed by atoms with Crippen molar-refractivity contribution in [3.8, 4) is 0 Å². The number of benzene rings is 1. The number of amides is 2. The number of carboxylic acid groups (broad SMARTS) is 1. The van der Waals surface area contributed by atoms with Crippen LogP contribution in [0.15, 0.2) is 30.3 Å². The van der Waals surface area contributed by atoms with Crippen LogP contribution in [0.4, 0.5) is 0 Å². The number of thioether (sulfide) groups is 1. The summed E-state index contributed by atoms with van der Waals surface area (Å²) in [6.45, 7) is 2.63. The van der Waals surface area contributed by atoms with Gasteiger partial charge in [0.2, 0.25) is 5.91 Å². The van der Waals surface area contributed by atoms with E-state index in [2.05, 4.69) is 5.32 Å². The number of rotatable bonds is 6. The van der Waals surface area contributed by atoms with Crippen LogP contribution in [0.1, 0.15) is 38.2 Å². The van der Waals surface area contributed by atoms with Gasteiger partial charge in [0, 0.05) is 20.0 Å². The molecule has 2 heterocycles. The van der Waals surface area contributed by atoms with Crippen LogP contribution >= 0.6 is 11.8 Å². The quantitative estimate of drug-likeness (QED) is 0.699. The summed E-state index contributed by atoms with van der Waals surface area (Å²) in [5.41, 5.74) is 0.923. The summed E-state index contributed by atoms with van der Waals surface area (Å²) in [7, 11) is 0. The Hall–Kier alpha value is -2.39. The first-order valence-electron chi connectivity index (χ1n) is 10.2. The molecule has 0 aromatic heterocycles. The summed E-state index contributed by atoms with van der Waals surface area (Å²) in [6.07, 6.45) is 2.59. The lowest BCUT2D eigenvalue weighted by Gasteiger charge is -2.42. The molecule has 0 radical (unpaired) electrons. The molecule has 8 nitrogen and oxygen atoms in total. The van der Waals surface area contributed by atoms with Gasteiger partial charge in [0.25, 0.3) is 5.91 Å². The van der Waals surface area contributed by atoms with Crippen LogP contribution in [0.5, 0.6) is 0 Å². The van der Waals surface area contributed by atoms with E-state index in [0.717, 1.165) is 17.3 Å². The largest absolute Gasteiger partial charge is 0.480 e. The Morgan fingerprint density at radius 2 is 1.83 bits per heavy atom. The summed E-state index contributed by atoms with van der Waals surface area (Å²) in [6, 6.07) is 7.69. The summed E-state index contributed by atoms with van der Waals surface area (Å²) in [5.74, 6) is -1.80. The van der Waals surface area contributed by atoms with E-state index in [1.807, 2.05) is 30.3 Å². The van der Waals surface area contributed by atoms with Crippen LogP contribution in [0, 0.1) is 0 Å². The molecule has 2 aliphatic heterocycles. The van der Waals surface area contributed by atoms with Crippen molar-refractivity contribution < 1.29 is 24.3 Å². The topological polar surface area (TPSA) is 107 Å². The highest BCUT2D eigenvalue weighted by molar-refractivity contribution is 8.14. The van der Waals surface area contributed by atoms with E-state index in [0.29, 0.717) is 45.2 Å². The van der Waals surface area contributed by atoms with Gasteiger partial charge >= 0.3 is 5.97 Å². The van der Waals surface area contributed by atoms with Crippen LogP contribution < -0.4 is 5.32 Å². The van der Waals surface area contributed by atoms with E-state index in [-0.39, 0.29) is 16.9 Å². The highest BCUT2D eigenvalue weighted by Crippen LogP contribution is 2.25. The molecule has 162 valence electrons. The number of carbonyl (C=O) groups is 4. The van der Waals surface area contributed by atoms with E-state index in [4.69, 9.17) is 0 Å². The van der Waals surface area contributed by atoms with E-state index < -0.39 is 23.3 Å². The van der Waals surface area contributed by atoms with Gasteiger partial charge in [-0.15, -0.1) is 0 Å². The third-order valence-electron chi connectivity index (χ3n) is 5.39. The normalized spacial score (nSPS) is 23.2. The van der Waals surface area contributed by atoms with Gasteiger partial charge in [-0.1, -0.05) is 42.1 Å². The van der Waals surface area contributed by atoms with Crippen molar-refractivity contribution in [2.75, 3.05) is 13.1 Å². The number of carboxylic acids is 1. The fourth-order valence-corrected chi connectivity index (χ4v) is 4.86. The Kier molecular flexibility index (Phi) is 7.49. The molecule has 30 heavy (non-hydrogen) atoms. The molecule has 2 amide bonds.